The number of rotatable bonds is 3. The molecule has 0 radical (unpaired) electrons. The number of fused-ring (bicyclic) bond motifs is 1. The molecule has 1 spiro atoms. The van der Waals surface area contributed by atoms with E-state index in [1.54, 1.807) is 0 Å². The van der Waals surface area contributed by atoms with E-state index in [1.807, 2.05) is 0 Å². The number of piperidine rings is 1. The molecule has 34 heavy (non-hydrogen) atoms. The van der Waals surface area contributed by atoms with Crippen LogP contribution in [0.15, 0.2) is 12.1 Å². The number of hydrogen-bond acceptors (Lipinski definition) is 9. The lowest BCUT2D eigenvalue weighted by Gasteiger charge is -2.54. The molecule has 2 amide bonds. The molecule has 184 valence electrons. The number of carbonyl (C=O) groups excluding carboxylic acids is 3. The van der Waals surface area contributed by atoms with Crippen LogP contribution in [0.2, 0.25) is 0 Å². The van der Waals surface area contributed by atoms with Crippen molar-refractivity contribution in [3.05, 3.63) is 34.6 Å². The summed E-state index contributed by atoms with van der Waals surface area (Å²) in [5.74, 6) is -4.24. The van der Waals surface area contributed by atoms with Crippen LogP contribution in [0.5, 0.6) is 0 Å². The fourth-order valence-electron chi connectivity index (χ4n) is 4.90. The minimum Gasteiger partial charge on any atom is -0.361 e. The van der Waals surface area contributed by atoms with Crippen LogP contribution in [0.4, 0.5) is 17.6 Å². The predicted octanol–water partition coefficient (Wildman–Crippen LogP) is 1.35. The van der Waals surface area contributed by atoms with Gasteiger partial charge in [-0.2, -0.15) is 13.2 Å². The Morgan fingerprint density at radius 3 is 2.38 bits per heavy atom. The van der Waals surface area contributed by atoms with Gasteiger partial charge in [0.2, 0.25) is 0 Å². The summed E-state index contributed by atoms with van der Waals surface area (Å²) in [5, 5.41) is 4.08. The maximum atomic E-state index is 15.1. The van der Waals surface area contributed by atoms with E-state index >= 15 is 4.39 Å². The first kappa shape index (κ1) is 23.1. The third kappa shape index (κ3) is 3.75. The summed E-state index contributed by atoms with van der Waals surface area (Å²) in [6, 6.07) is 1.87. The quantitative estimate of drug-likeness (QED) is 0.481. The van der Waals surface area contributed by atoms with Gasteiger partial charge in [0.05, 0.1) is 17.7 Å². The van der Waals surface area contributed by atoms with Crippen LogP contribution in [-0.2, 0) is 19.3 Å². The van der Waals surface area contributed by atoms with Crippen molar-refractivity contribution >= 4 is 17.8 Å². The lowest BCUT2D eigenvalue weighted by Crippen LogP contribution is -2.60. The standard InChI is InChI=1S/C20H20F4N4O6/c21-13-8-11-10(16(29)28(17(11)30)14-1-6-32-26-33-14)7-12(13)15-19(9-25-15)2-4-27(5-3-19)34-18(31)20(22,23)24/h7-8,14-15,25-26H,1-6,9H2. The normalized spacial score (nSPS) is 27.0. The number of benzene rings is 1. The molecule has 14 heteroatoms. The van der Waals surface area contributed by atoms with Crippen LogP contribution in [-0.4, -0.2) is 66.4 Å². The zero-order chi connectivity index (χ0) is 24.3. The summed E-state index contributed by atoms with van der Waals surface area (Å²) < 4.78 is 52.5. The first-order valence-electron chi connectivity index (χ1n) is 10.6. The number of nitrogens with one attached hydrogen (secondary N) is 2. The molecule has 1 aromatic carbocycles. The highest BCUT2D eigenvalue weighted by atomic mass is 19.4. The Morgan fingerprint density at radius 1 is 1.15 bits per heavy atom. The van der Waals surface area contributed by atoms with Gasteiger partial charge in [-0.1, -0.05) is 5.64 Å². The van der Waals surface area contributed by atoms with Gasteiger partial charge in [-0.3, -0.25) is 19.3 Å². The Balaban J connectivity index is 1.32. The molecule has 4 heterocycles. The van der Waals surface area contributed by atoms with Gasteiger partial charge in [-0.05, 0) is 25.0 Å². The monoisotopic (exact) mass is 488 g/mol. The van der Waals surface area contributed by atoms with E-state index in [2.05, 4.69) is 15.8 Å². The van der Waals surface area contributed by atoms with Crippen molar-refractivity contribution in [3.8, 4) is 0 Å². The fourth-order valence-corrected chi connectivity index (χ4v) is 4.90. The predicted molar refractivity (Wildman–Crippen MR) is 102 cm³/mol. The highest BCUT2D eigenvalue weighted by Crippen LogP contribution is 2.50. The summed E-state index contributed by atoms with van der Waals surface area (Å²) in [4.78, 5) is 52.1. The van der Waals surface area contributed by atoms with Crippen LogP contribution in [0.3, 0.4) is 0 Å². The zero-order valence-corrected chi connectivity index (χ0v) is 17.6. The summed E-state index contributed by atoms with van der Waals surface area (Å²) >= 11 is 0. The Hall–Kier alpha value is -2.65. The highest BCUT2D eigenvalue weighted by Gasteiger charge is 2.52. The van der Waals surface area contributed by atoms with E-state index < -0.39 is 47.5 Å². The Morgan fingerprint density at radius 2 is 1.82 bits per heavy atom. The van der Waals surface area contributed by atoms with Crippen molar-refractivity contribution in [2.75, 3.05) is 26.2 Å². The number of hydrogen-bond donors (Lipinski definition) is 2. The van der Waals surface area contributed by atoms with E-state index in [0.29, 0.717) is 19.4 Å². The van der Waals surface area contributed by atoms with Crippen molar-refractivity contribution < 1.29 is 46.5 Å². The topological polar surface area (TPSA) is 109 Å². The van der Waals surface area contributed by atoms with Crippen LogP contribution < -0.4 is 11.0 Å². The molecule has 2 atom stereocenters. The summed E-state index contributed by atoms with van der Waals surface area (Å²) in [6.45, 7) is 0.787. The second kappa shape index (κ2) is 8.23. The van der Waals surface area contributed by atoms with E-state index in [1.165, 1.54) is 6.07 Å². The van der Waals surface area contributed by atoms with Crippen molar-refractivity contribution in [1.82, 2.24) is 20.9 Å². The van der Waals surface area contributed by atoms with Crippen molar-refractivity contribution in [3.63, 3.8) is 0 Å². The number of amides is 2. The number of nitrogens with zero attached hydrogens (tertiary/aromatic N) is 2. The van der Waals surface area contributed by atoms with Crippen molar-refractivity contribution in [1.29, 1.82) is 0 Å². The average Bonchev–Trinajstić information content (AvgIpc) is 3.03. The summed E-state index contributed by atoms with van der Waals surface area (Å²) in [7, 11) is 0. The first-order valence-corrected chi connectivity index (χ1v) is 10.6. The highest BCUT2D eigenvalue weighted by molar-refractivity contribution is 6.21. The van der Waals surface area contributed by atoms with Crippen molar-refractivity contribution in [2.24, 2.45) is 5.41 Å². The minimum absolute atomic E-state index is 0.0475. The molecule has 3 fully saturated rings. The van der Waals surface area contributed by atoms with Crippen LogP contribution in [0.1, 0.15) is 51.6 Å². The Labute approximate surface area is 189 Å². The number of imide groups is 1. The second-order valence-electron chi connectivity index (χ2n) is 8.67. The molecule has 2 unspecified atom stereocenters. The van der Waals surface area contributed by atoms with Crippen molar-refractivity contribution in [2.45, 2.75) is 37.7 Å². The molecule has 3 saturated heterocycles. The Bertz CT molecular complexity index is 1040. The van der Waals surface area contributed by atoms with Gasteiger partial charge >= 0.3 is 12.1 Å². The van der Waals surface area contributed by atoms with Gasteiger partial charge in [0, 0.05) is 43.1 Å². The van der Waals surface area contributed by atoms with E-state index in [9.17, 15) is 27.6 Å². The number of halogens is 4. The fraction of sp³-hybridized carbons (Fsp3) is 0.550. The number of hydroxylamine groups is 2. The van der Waals surface area contributed by atoms with E-state index in [0.717, 1.165) is 16.0 Å². The molecule has 2 N–H and O–H groups in total. The summed E-state index contributed by atoms with van der Waals surface area (Å²) in [6.07, 6.45) is -5.06. The van der Waals surface area contributed by atoms with Gasteiger partial charge in [-0.25, -0.2) is 14.1 Å². The van der Waals surface area contributed by atoms with Gasteiger partial charge in [0.15, 0.2) is 6.23 Å². The van der Waals surface area contributed by atoms with Gasteiger partial charge in [0.25, 0.3) is 11.8 Å². The largest absolute Gasteiger partial charge is 0.492 e. The average molecular weight is 488 g/mol. The van der Waals surface area contributed by atoms with Gasteiger partial charge < -0.3 is 10.2 Å². The third-order valence-corrected chi connectivity index (χ3v) is 6.78. The lowest BCUT2D eigenvalue weighted by atomic mass is 9.64. The van der Waals surface area contributed by atoms with Crippen LogP contribution >= 0.6 is 0 Å². The van der Waals surface area contributed by atoms with Gasteiger partial charge in [-0.15, -0.1) is 5.06 Å². The van der Waals surface area contributed by atoms with E-state index in [4.69, 9.17) is 9.68 Å². The summed E-state index contributed by atoms with van der Waals surface area (Å²) in [5.41, 5.74) is 1.86. The Kier molecular flexibility index (Phi) is 5.60. The smallest absolute Gasteiger partial charge is 0.361 e. The first-order chi connectivity index (χ1) is 16.1. The molecule has 4 aliphatic heterocycles. The molecule has 0 saturated carbocycles. The molecule has 10 nitrogen and oxygen atoms in total. The lowest BCUT2D eigenvalue weighted by molar-refractivity contribution is -0.259. The molecule has 1 aromatic rings. The molecule has 0 aromatic heterocycles. The van der Waals surface area contributed by atoms with Crippen LogP contribution in [0, 0.1) is 11.2 Å². The molecule has 5 rings (SSSR count). The molecule has 0 bridgehead atoms. The maximum Gasteiger partial charge on any atom is 0.492 e. The zero-order valence-electron chi connectivity index (χ0n) is 17.6. The molecule has 0 aliphatic carbocycles. The van der Waals surface area contributed by atoms with Gasteiger partial charge in [0.1, 0.15) is 5.82 Å². The van der Waals surface area contributed by atoms with Crippen LogP contribution in [0.25, 0.3) is 0 Å². The second-order valence-corrected chi connectivity index (χ2v) is 8.67. The molecule has 4 aliphatic rings. The maximum absolute atomic E-state index is 15.1. The molecular formula is C20H20F4N4O6. The minimum atomic E-state index is -5.09. The number of carbonyl (C=O) groups is 3. The number of alkyl halides is 3. The SMILES string of the molecule is O=C1c2cc(F)c(C3NCC34CCN(OC(=O)C(F)(F)F)CC4)cc2C(=O)N1C1CCONO1. The third-order valence-electron chi connectivity index (χ3n) is 6.78. The molecular weight excluding hydrogens is 468 g/mol. The van der Waals surface area contributed by atoms with E-state index in [-0.39, 0.29) is 42.8 Å².